The molecule has 1 aliphatic heterocycles. The average Bonchev–Trinajstić information content (AvgIpc) is 2.78. The van der Waals surface area contributed by atoms with Gasteiger partial charge < -0.3 is 4.90 Å². The van der Waals surface area contributed by atoms with Gasteiger partial charge in [0.1, 0.15) is 0 Å². The molecule has 0 atom stereocenters. The van der Waals surface area contributed by atoms with E-state index < -0.39 is 14.9 Å². The smallest absolute Gasteiger partial charge is 0.270 e. The summed E-state index contributed by atoms with van der Waals surface area (Å²) in [7, 11) is -3.74. The molecule has 1 fully saturated rings. The second-order valence-electron chi connectivity index (χ2n) is 6.86. The van der Waals surface area contributed by atoms with E-state index in [0.29, 0.717) is 5.39 Å². The van der Waals surface area contributed by atoms with Crippen LogP contribution in [0.1, 0.15) is 10.4 Å². The molecule has 9 nitrogen and oxygen atoms in total. The molecule has 0 saturated carbocycles. The molecule has 1 saturated heterocycles. The molecular weight excluding hydrogens is 408 g/mol. The molecule has 3 aromatic rings. The summed E-state index contributed by atoms with van der Waals surface area (Å²) in [5, 5.41) is 12.3. The second-order valence-corrected chi connectivity index (χ2v) is 8.76. The Morgan fingerprint density at radius 1 is 1.03 bits per heavy atom. The van der Waals surface area contributed by atoms with E-state index in [1.54, 1.807) is 36.7 Å². The van der Waals surface area contributed by atoms with Crippen molar-refractivity contribution in [2.75, 3.05) is 26.2 Å². The number of benzene rings is 2. The number of piperazine rings is 1. The van der Waals surface area contributed by atoms with Crippen molar-refractivity contribution in [2.24, 2.45) is 0 Å². The van der Waals surface area contributed by atoms with Crippen LogP contribution < -0.4 is 0 Å². The van der Waals surface area contributed by atoms with E-state index in [1.165, 1.54) is 33.5 Å². The van der Waals surface area contributed by atoms with Crippen molar-refractivity contribution in [3.63, 3.8) is 0 Å². The zero-order chi connectivity index (χ0) is 21.3. The van der Waals surface area contributed by atoms with E-state index in [0.717, 1.165) is 5.39 Å². The molecule has 0 bridgehead atoms. The lowest BCUT2D eigenvalue weighted by Crippen LogP contribution is -2.50. The van der Waals surface area contributed by atoms with E-state index >= 15 is 0 Å². The van der Waals surface area contributed by atoms with Crippen molar-refractivity contribution in [3.05, 3.63) is 76.6 Å². The number of non-ortho nitro benzene ring substituents is 1. The van der Waals surface area contributed by atoms with Crippen LogP contribution in [0.3, 0.4) is 0 Å². The van der Waals surface area contributed by atoms with Gasteiger partial charge in [-0.15, -0.1) is 0 Å². The number of hydrogen-bond acceptors (Lipinski definition) is 6. The van der Waals surface area contributed by atoms with Crippen molar-refractivity contribution >= 4 is 32.4 Å². The lowest BCUT2D eigenvalue weighted by molar-refractivity contribution is -0.384. The normalized spacial score (nSPS) is 15.3. The summed E-state index contributed by atoms with van der Waals surface area (Å²) in [5.41, 5.74) is 0.0505. The molecule has 1 aromatic heterocycles. The Kier molecular flexibility index (Phi) is 5.18. The van der Waals surface area contributed by atoms with E-state index in [-0.39, 0.29) is 48.2 Å². The molecule has 2 aromatic carbocycles. The van der Waals surface area contributed by atoms with E-state index in [2.05, 4.69) is 4.98 Å². The molecule has 0 unspecified atom stereocenters. The van der Waals surface area contributed by atoms with Gasteiger partial charge >= 0.3 is 0 Å². The molecule has 0 N–H and O–H groups in total. The van der Waals surface area contributed by atoms with Crippen molar-refractivity contribution in [1.82, 2.24) is 14.2 Å². The van der Waals surface area contributed by atoms with Gasteiger partial charge in [-0.2, -0.15) is 4.31 Å². The summed E-state index contributed by atoms with van der Waals surface area (Å²) in [5.74, 6) is -0.355. The van der Waals surface area contributed by atoms with Crippen LogP contribution in [0.15, 0.2) is 65.8 Å². The molecule has 154 valence electrons. The van der Waals surface area contributed by atoms with Gasteiger partial charge in [0.05, 0.1) is 9.82 Å². The number of fused-ring (bicyclic) bond motifs is 1. The highest BCUT2D eigenvalue weighted by molar-refractivity contribution is 7.89. The zero-order valence-electron chi connectivity index (χ0n) is 15.8. The quantitative estimate of drug-likeness (QED) is 0.467. The van der Waals surface area contributed by atoms with Crippen LogP contribution in [0.5, 0.6) is 0 Å². The molecule has 1 aliphatic rings. The number of carbonyl (C=O) groups is 1. The number of nitro groups is 1. The zero-order valence-corrected chi connectivity index (χ0v) is 16.7. The summed E-state index contributed by atoms with van der Waals surface area (Å²) < 4.78 is 27.7. The van der Waals surface area contributed by atoms with Crippen LogP contribution in [-0.2, 0) is 10.0 Å². The number of rotatable bonds is 4. The molecule has 10 heteroatoms. The molecule has 4 rings (SSSR count). The predicted octanol–water partition coefficient (Wildman–Crippen LogP) is 2.29. The van der Waals surface area contributed by atoms with Gasteiger partial charge in [0.2, 0.25) is 10.0 Å². The minimum absolute atomic E-state index is 0.143. The molecule has 0 radical (unpaired) electrons. The minimum atomic E-state index is -3.74. The van der Waals surface area contributed by atoms with Crippen LogP contribution in [-0.4, -0.2) is 59.6 Å². The van der Waals surface area contributed by atoms with E-state index in [1.807, 2.05) is 0 Å². The summed E-state index contributed by atoms with van der Waals surface area (Å²) >= 11 is 0. The fourth-order valence-electron chi connectivity index (χ4n) is 3.52. The van der Waals surface area contributed by atoms with Gasteiger partial charge in [0, 0.05) is 67.0 Å². The number of carbonyl (C=O) groups excluding carboxylic acids is 1. The predicted molar refractivity (Wildman–Crippen MR) is 110 cm³/mol. The molecule has 0 aliphatic carbocycles. The highest BCUT2D eigenvalue weighted by Gasteiger charge is 2.31. The van der Waals surface area contributed by atoms with Crippen LogP contribution in [0.2, 0.25) is 0 Å². The second kappa shape index (κ2) is 7.81. The van der Waals surface area contributed by atoms with E-state index in [4.69, 9.17) is 0 Å². The molecule has 1 amide bonds. The molecular formula is C20H18N4O5S. The third-order valence-corrected chi connectivity index (χ3v) is 7.05. The minimum Gasteiger partial charge on any atom is -0.336 e. The third-order valence-electron chi connectivity index (χ3n) is 5.09. The maximum absolute atomic E-state index is 13.2. The Bertz CT molecular complexity index is 1230. The van der Waals surface area contributed by atoms with Crippen molar-refractivity contribution in [3.8, 4) is 0 Å². The molecule has 0 spiro atoms. The Balaban J connectivity index is 1.52. The average molecular weight is 426 g/mol. The summed E-state index contributed by atoms with van der Waals surface area (Å²) in [4.78, 5) is 28.8. The maximum atomic E-state index is 13.2. The number of sulfonamides is 1. The monoisotopic (exact) mass is 426 g/mol. The first-order valence-electron chi connectivity index (χ1n) is 9.24. The molecule has 30 heavy (non-hydrogen) atoms. The number of hydrogen-bond donors (Lipinski definition) is 0. The van der Waals surface area contributed by atoms with Gasteiger partial charge in [-0.1, -0.05) is 18.2 Å². The van der Waals surface area contributed by atoms with Gasteiger partial charge in [-0.25, -0.2) is 8.42 Å². The lowest BCUT2D eigenvalue weighted by atomic mass is 10.1. The van der Waals surface area contributed by atoms with Gasteiger partial charge in [-0.05, 0) is 18.2 Å². The standard InChI is InChI=1S/C20H18N4O5S/c25-20(15-3-1-5-17(13-15)24(26)27)22-9-11-23(12-10-22)30(28,29)19-6-2-4-16-14-21-8-7-18(16)19/h1-8,13-14H,9-12H2. The third kappa shape index (κ3) is 3.62. The van der Waals surface area contributed by atoms with Gasteiger partial charge in [0.25, 0.3) is 11.6 Å². The van der Waals surface area contributed by atoms with Crippen LogP contribution >= 0.6 is 0 Å². The highest BCUT2D eigenvalue weighted by atomic mass is 32.2. The maximum Gasteiger partial charge on any atom is 0.270 e. The highest BCUT2D eigenvalue weighted by Crippen LogP contribution is 2.26. The van der Waals surface area contributed by atoms with Crippen LogP contribution in [0.4, 0.5) is 5.69 Å². The SMILES string of the molecule is O=C(c1cccc([N+](=O)[O-])c1)N1CCN(S(=O)(=O)c2cccc3cnccc23)CC1. The Hall–Kier alpha value is -3.37. The summed E-state index contributed by atoms with van der Waals surface area (Å²) in [6.45, 7) is 0.690. The first-order chi connectivity index (χ1) is 14.4. The number of aromatic nitrogens is 1. The topological polar surface area (TPSA) is 114 Å². The number of amides is 1. The van der Waals surface area contributed by atoms with Crippen LogP contribution in [0, 0.1) is 10.1 Å². The lowest BCUT2D eigenvalue weighted by Gasteiger charge is -2.34. The summed E-state index contributed by atoms with van der Waals surface area (Å²) in [6.07, 6.45) is 3.17. The fraction of sp³-hybridized carbons (Fsp3) is 0.200. The van der Waals surface area contributed by atoms with Gasteiger partial charge in [-0.3, -0.25) is 19.9 Å². The molecule has 2 heterocycles. The summed E-state index contributed by atoms with van der Waals surface area (Å²) in [6, 6.07) is 12.2. The van der Waals surface area contributed by atoms with Crippen molar-refractivity contribution in [1.29, 1.82) is 0 Å². The Morgan fingerprint density at radius 2 is 1.77 bits per heavy atom. The van der Waals surface area contributed by atoms with Crippen LogP contribution in [0.25, 0.3) is 10.8 Å². The largest absolute Gasteiger partial charge is 0.336 e. The number of nitro benzene ring substituents is 1. The number of pyridine rings is 1. The van der Waals surface area contributed by atoms with Crippen molar-refractivity contribution < 1.29 is 18.1 Å². The first-order valence-corrected chi connectivity index (χ1v) is 10.7. The van der Waals surface area contributed by atoms with Gasteiger partial charge in [0.15, 0.2) is 0 Å². The Labute approximate surface area is 172 Å². The number of nitrogens with zero attached hydrogens (tertiary/aromatic N) is 4. The first kappa shape index (κ1) is 19.9. The fourth-order valence-corrected chi connectivity index (χ4v) is 5.16. The van der Waals surface area contributed by atoms with E-state index in [9.17, 15) is 23.3 Å². The van der Waals surface area contributed by atoms with Crippen molar-refractivity contribution in [2.45, 2.75) is 4.90 Å². The Morgan fingerprint density at radius 3 is 2.50 bits per heavy atom.